The normalized spacial score (nSPS) is 10.2. The lowest BCUT2D eigenvalue weighted by atomic mass is 10.2. The Morgan fingerprint density at radius 3 is 2.25 bits per heavy atom. The van der Waals surface area contributed by atoms with Crippen LogP contribution in [0.3, 0.4) is 0 Å². The lowest BCUT2D eigenvalue weighted by Gasteiger charge is -2.08. The molecule has 0 atom stereocenters. The van der Waals surface area contributed by atoms with Crippen LogP contribution >= 0.6 is 11.6 Å². The second-order valence-corrected chi connectivity index (χ2v) is 5.48. The molecule has 1 heterocycles. The molecule has 0 aliphatic carbocycles. The smallest absolute Gasteiger partial charge is 0.256 e. The first-order chi connectivity index (χ1) is 11.7. The molecule has 0 bridgehead atoms. The van der Waals surface area contributed by atoms with Crippen LogP contribution in [-0.4, -0.2) is 16.1 Å². The predicted octanol–water partition coefficient (Wildman–Crippen LogP) is 3.99. The van der Waals surface area contributed by atoms with Gasteiger partial charge < -0.3 is 10.6 Å². The van der Waals surface area contributed by atoms with Crippen LogP contribution in [0, 0.1) is 0 Å². The van der Waals surface area contributed by atoms with Crippen molar-refractivity contribution in [3.8, 4) is 0 Å². The predicted molar refractivity (Wildman–Crippen MR) is 95.2 cm³/mol. The van der Waals surface area contributed by atoms with E-state index in [4.69, 9.17) is 11.6 Å². The number of nitrogens with zero attached hydrogens (tertiary/aromatic N) is 2. The minimum absolute atomic E-state index is 0.221. The number of hydrogen-bond donors (Lipinski definition) is 2. The van der Waals surface area contributed by atoms with Crippen LogP contribution in [0.25, 0.3) is 0 Å². The molecule has 1 amide bonds. The van der Waals surface area contributed by atoms with Gasteiger partial charge in [-0.2, -0.15) is 0 Å². The van der Waals surface area contributed by atoms with Crippen molar-refractivity contribution in [2.24, 2.45) is 0 Å². The summed E-state index contributed by atoms with van der Waals surface area (Å²) in [4.78, 5) is 12.0. The van der Waals surface area contributed by atoms with Crippen molar-refractivity contribution in [3.05, 3.63) is 82.9 Å². The topological polar surface area (TPSA) is 66.9 Å². The van der Waals surface area contributed by atoms with Crippen molar-refractivity contribution < 1.29 is 4.79 Å². The Labute approximate surface area is 144 Å². The Bertz CT molecular complexity index is 822. The van der Waals surface area contributed by atoms with Crippen molar-refractivity contribution in [3.63, 3.8) is 0 Å². The number of aromatic nitrogens is 2. The van der Waals surface area contributed by atoms with Crippen molar-refractivity contribution >= 4 is 29.1 Å². The number of hydrogen-bond acceptors (Lipinski definition) is 4. The second kappa shape index (κ2) is 7.57. The summed E-state index contributed by atoms with van der Waals surface area (Å²) in [7, 11) is 0. The van der Waals surface area contributed by atoms with E-state index in [-0.39, 0.29) is 5.91 Å². The second-order valence-electron chi connectivity index (χ2n) is 5.07. The van der Waals surface area contributed by atoms with E-state index in [1.165, 1.54) is 0 Å². The highest BCUT2D eigenvalue weighted by Crippen LogP contribution is 2.16. The maximum absolute atomic E-state index is 12.0. The summed E-state index contributed by atoms with van der Waals surface area (Å²) < 4.78 is 0. The number of halogens is 1. The summed E-state index contributed by atoms with van der Waals surface area (Å²) in [5.74, 6) is 0.779. The molecule has 0 saturated carbocycles. The maximum atomic E-state index is 12.0. The Kier molecular flexibility index (Phi) is 5.03. The molecule has 24 heavy (non-hydrogen) atoms. The summed E-state index contributed by atoms with van der Waals surface area (Å²) >= 11 is 6.11. The first-order valence-electron chi connectivity index (χ1n) is 7.40. The van der Waals surface area contributed by atoms with Gasteiger partial charge in [-0.25, -0.2) is 0 Å². The molecule has 2 aromatic carbocycles. The van der Waals surface area contributed by atoms with Crippen LogP contribution in [-0.2, 0) is 6.54 Å². The van der Waals surface area contributed by atoms with Crippen LogP contribution in [0.1, 0.15) is 15.9 Å². The Hall–Kier alpha value is -2.92. The highest BCUT2D eigenvalue weighted by atomic mass is 35.5. The largest absolute Gasteiger partial charge is 0.364 e. The van der Waals surface area contributed by atoms with Crippen molar-refractivity contribution in [2.75, 3.05) is 10.6 Å². The highest BCUT2D eigenvalue weighted by Gasteiger charge is 2.06. The van der Waals surface area contributed by atoms with Gasteiger partial charge in [0.1, 0.15) is 5.82 Å². The first-order valence-corrected chi connectivity index (χ1v) is 7.77. The van der Waals surface area contributed by atoms with Crippen LogP contribution in [0.5, 0.6) is 0 Å². The molecule has 3 rings (SSSR count). The SMILES string of the molecule is O=C(Nc1ccc(NCc2ccccc2Cl)nn1)c1ccccc1. The molecule has 3 aromatic rings. The van der Waals surface area contributed by atoms with Gasteiger partial charge in [0.25, 0.3) is 5.91 Å². The van der Waals surface area contributed by atoms with Gasteiger partial charge in [-0.05, 0) is 35.9 Å². The molecule has 120 valence electrons. The van der Waals surface area contributed by atoms with Crippen LogP contribution in [0.2, 0.25) is 5.02 Å². The number of nitrogens with one attached hydrogen (secondary N) is 2. The average molecular weight is 339 g/mol. The van der Waals surface area contributed by atoms with Crippen LogP contribution < -0.4 is 10.6 Å². The zero-order chi connectivity index (χ0) is 16.8. The third-order valence-electron chi connectivity index (χ3n) is 3.36. The van der Waals surface area contributed by atoms with Gasteiger partial charge in [0.15, 0.2) is 5.82 Å². The number of carbonyl (C=O) groups excluding carboxylic acids is 1. The third-order valence-corrected chi connectivity index (χ3v) is 3.73. The average Bonchev–Trinajstić information content (AvgIpc) is 2.63. The monoisotopic (exact) mass is 338 g/mol. The summed E-state index contributed by atoms with van der Waals surface area (Å²) in [5.41, 5.74) is 1.54. The molecular weight excluding hydrogens is 324 g/mol. The standard InChI is InChI=1S/C18H15ClN4O/c19-15-9-5-4-8-14(15)12-20-16-10-11-17(23-22-16)21-18(24)13-6-2-1-3-7-13/h1-11H,12H2,(H,20,22)(H,21,23,24). The van der Waals surface area contributed by atoms with Crippen LogP contribution in [0.4, 0.5) is 11.6 Å². The van der Waals surface area contributed by atoms with E-state index in [0.29, 0.717) is 28.8 Å². The molecule has 5 nitrogen and oxygen atoms in total. The molecule has 2 N–H and O–H groups in total. The number of anilines is 2. The maximum Gasteiger partial charge on any atom is 0.256 e. The van der Waals surface area contributed by atoms with Crippen molar-refractivity contribution in [1.29, 1.82) is 0 Å². The fourth-order valence-corrected chi connectivity index (χ4v) is 2.30. The number of amides is 1. The zero-order valence-electron chi connectivity index (χ0n) is 12.7. The van der Waals surface area contributed by atoms with Gasteiger partial charge in [-0.1, -0.05) is 48.0 Å². The van der Waals surface area contributed by atoms with Gasteiger partial charge in [0.05, 0.1) is 0 Å². The lowest BCUT2D eigenvalue weighted by Crippen LogP contribution is -2.13. The molecule has 0 spiro atoms. The van der Waals surface area contributed by atoms with E-state index in [1.807, 2.05) is 42.5 Å². The molecule has 0 fully saturated rings. The van der Waals surface area contributed by atoms with E-state index in [9.17, 15) is 4.79 Å². The van der Waals surface area contributed by atoms with Gasteiger partial charge in [0.2, 0.25) is 0 Å². The van der Waals surface area contributed by atoms with Crippen LogP contribution in [0.15, 0.2) is 66.7 Å². The van der Waals surface area contributed by atoms with Crippen molar-refractivity contribution in [2.45, 2.75) is 6.54 Å². The van der Waals surface area contributed by atoms with Gasteiger partial charge >= 0.3 is 0 Å². The summed E-state index contributed by atoms with van der Waals surface area (Å²) in [6.07, 6.45) is 0. The number of benzene rings is 2. The van der Waals surface area contributed by atoms with Crippen molar-refractivity contribution in [1.82, 2.24) is 10.2 Å². The van der Waals surface area contributed by atoms with Gasteiger partial charge in [-0.15, -0.1) is 10.2 Å². The number of rotatable bonds is 5. The van der Waals surface area contributed by atoms with E-state index in [0.717, 1.165) is 5.56 Å². The molecule has 1 aromatic heterocycles. The van der Waals surface area contributed by atoms with Gasteiger partial charge in [-0.3, -0.25) is 4.79 Å². The molecule has 0 aliphatic rings. The Morgan fingerprint density at radius 1 is 0.875 bits per heavy atom. The zero-order valence-corrected chi connectivity index (χ0v) is 13.5. The Balaban J connectivity index is 1.59. The quantitative estimate of drug-likeness (QED) is 0.738. The molecule has 0 aliphatic heterocycles. The molecule has 6 heteroatoms. The third kappa shape index (κ3) is 4.08. The summed E-state index contributed by atoms with van der Waals surface area (Å²) in [6, 6.07) is 20.0. The summed E-state index contributed by atoms with van der Waals surface area (Å²) in [6.45, 7) is 0.546. The minimum atomic E-state index is -0.221. The van der Waals surface area contributed by atoms with E-state index >= 15 is 0 Å². The lowest BCUT2D eigenvalue weighted by molar-refractivity contribution is 0.102. The Morgan fingerprint density at radius 2 is 1.54 bits per heavy atom. The molecule has 0 radical (unpaired) electrons. The van der Waals surface area contributed by atoms with E-state index < -0.39 is 0 Å². The van der Waals surface area contributed by atoms with E-state index in [1.54, 1.807) is 24.3 Å². The molecule has 0 saturated heterocycles. The van der Waals surface area contributed by atoms with Gasteiger partial charge in [0, 0.05) is 17.1 Å². The fourth-order valence-electron chi connectivity index (χ4n) is 2.10. The number of carbonyl (C=O) groups is 1. The minimum Gasteiger partial charge on any atom is -0.364 e. The molecule has 0 unspecified atom stereocenters. The van der Waals surface area contributed by atoms with E-state index in [2.05, 4.69) is 20.8 Å². The summed E-state index contributed by atoms with van der Waals surface area (Å²) in [5, 5.41) is 14.6. The fraction of sp³-hybridized carbons (Fsp3) is 0.0556. The highest BCUT2D eigenvalue weighted by molar-refractivity contribution is 6.31. The first kappa shape index (κ1) is 16.0. The molecular formula is C18H15ClN4O.